The topological polar surface area (TPSA) is 124 Å². The molecule has 1 aliphatic carbocycles. The summed E-state index contributed by atoms with van der Waals surface area (Å²) in [7, 11) is -3.77. The minimum absolute atomic E-state index is 0.00888. The first-order valence-electron chi connectivity index (χ1n) is 12.4. The maximum Gasteiger partial charge on any atom is 0.416 e. The minimum Gasteiger partial charge on any atom is -0.464 e. The lowest BCUT2D eigenvalue weighted by atomic mass is 9.78. The van der Waals surface area contributed by atoms with Crippen LogP contribution in [0.2, 0.25) is 0 Å². The van der Waals surface area contributed by atoms with Gasteiger partial charge in [-0.15, -0.1) is 0 Å². The van der Waals surface area contributed by atoms with Crippen LogP contribution in [-0.2, 0) is 30.3 Å². The van der Waals surface area contributed by atoms with Crippen LogP contribution in [0.1, 0.15) is 49.1 Å². The summed E-state index contributed by atoms with van der Waals surface area (Å²) in [6.07, 6.45) is -2.39. The second kappa shape index (κ2) is 12.9. The predicted octanol–water partition coefficient (Wildman–Crippen LogP) is 3.89. The van der Waals surface area contributed by atoms with Gasteiger partial charge in [0.1, 0.15) is 11.8 Å². The van der Waals surface area contributed by atoms with E-state index in [2.05, 4.69) is 0 Å². The second-order valence-electron chi connectivity index (χ2n) is 9.72. The van der Waals surface area contributed by atoms with Crippen molar-refractivity contribution in [3.63, 3.8) is 0 Å². The smallest absolute Gasteiger partial charge is 0.416 e. The molecule has 0 bridgehead atoms. The first kappa shape index (κ1) is 29.8. The predicted molar refractivity (Wildman–Crippen MR) is 134 cm³/mol. The summed E-state index contributed by atoms with van der Waals surface area (Å²) in [5.41, 5.74) is 5.41. The molecule has 3 N–H and O–H groups in total. The molecule has 208 valence electrons. The maximum absolute atomic E-state index is 13.1. The van der Waals surface area contributed by atoms with Crippen LogP contribution in [-0.4, -0.2) is 50.3 Å². The van der Waals surface area contributed by atoms with E-state index in [1.807, 2.05) is 30.3 Å². The van der Waals surface area contributed by atoms with E-state index in [0.717, 1.165) is 29.8 Å². The number of esters is 1. The van der Waals surface area contributed by atoms with Crippen LogP contribution in [0.5, 0.6) is 0 Å². The zero-order valence-electron chi connectivity index (χ0n) is 20.8. The Labute approximate surface area is 220 Å². The van der Waals surface area contributed by atoms with E-state index in [1.54, 1.807) is 0 Å². The summed E-state index contributed by atoms with van der Waals surface area (Å²) in [6, 6.07) is 11.5. The Balaban J connectivity index is 1.57. The highest BCUT2D eigenvalue weighted by molar-refractivity contribution is 7.91. The van der Waals surface area contributed by atoms with Crippen molar-refractivity contribution in [2.75, 3.05) is 19.0 Å². The number of alkyl halides is 3. The summed E-state index contributed by atoms with van der Waals surface area (Å²) in [5.74, 6) is -1.80. The zero-order chi connectivity index (χ0) is 27.9. The number of aliphatic hydroxyl groups excluding tert-OH is 1. The Morgan fingerprint density at radius 2 is 1.61 bits per heavy atom. The van der Waals surface area contributed by atoms with Gasteiger partial charge in [-0.2, -0.15) is 13.2 Å². The van der Waals surface area contributed by atoms with Crippen LogP contribution < -0.4 is 5.73 Å². The van der Waals surface area contributed by atoms with Crippen molar-refractivity contribution in [2.24, 2.45) is 17.6 Å². The van der Waals surface area contributed by atoms with Gasteiger partial charge in [0.25, 0.3) is 0 Å². The SMILES string of the molecule is N[C@@H](CO)C(=O)OC[C@@H](CC(=O)C1CCC(CS(=O)(=O)c2ccc(C(F)(F)F)cc2)CC1)c1ccccc1. The normalized spacial score (nSPS) is 19.9. The van der Waals surface area contributed by atoms with Crippen molar-refractivity contribution < 1.29 is 41.0 Å². The van der Waals surface area contributed by atoms with E-state index in [4.69, 9.17) is 15.6 Å². The molecule has 1 aliphatic rings. The molecular formula is C27H32F3NO6S. The lowest BCUT2D eigenvalue weighted by Gasteiger charge is -2.28. The summed E-state index contributed by atoms with van der Waals surface area (Å²) in [6.45, 7) is -0.616. The van der Waals surface area contributed by atoms with Crippen molar-refractivity contribution >= 4 is 21.6 Å². The molecule has 0 heterocycles. The highest BCUT2D eigenvalue weighted by atomic mass is 32.2. The van der Waals surface area contributed by atoms with E-state index in [0.29, 0.717) is 25.7 Å². The number of nitrogens with two attached hydrogens (primary N) is 1. The molecule has 0 radical (unpaired) electrons. The number of carbonyl (C=O) groups is 2. The zero-order valence-corrected chi connectivity index (χ0v) is 21.6. The minimum atomic E-state index is -4.54. The molecule has 7 nitrogen and oxygen atoms in total. The number of hydrogen-bond donors (Lipinski definition) is 2. The van der Waals surface area contributed by atoms with Crippen molar-refractivity contribution in [3.8, 4) is 0 Å². The fourth-order valence-corrected chi connectivity index (χ4v) is 6.38. The van der Waals surface area contributed by atoms with Crippen molar-refractivity contribution in [3.05, 3.63) is 65.7 Å². The van der Waals surface area contributed by atoms with Gasteiger partial charge in [0.2, 0.25) is 0 Å². The number of aliphatic hydroxyl groups is 1. The number of halogens is 3. The summed E-state index contributed by atoms with van der Waals surface area (Å²) in [5, 5.41) is 9.04. The van der Waals surface area contributed by atoms with Crippen LogP contribution in [0.25, 0.3) is 0 Å². The molecule has 0 spiro atoms. The quantitative estimate of drug-likeness (QED) is 0.403. The van der Waals surface area contributed by atoms with Gasteiger partial charge in [-0.05, 0) is 61.4 Å². The Hall–Kier alpha value is -2.76. The lowest BCUT2D eigenvalue weighted by Crippen LogP contribution is -2.36. The maximum atomic E-state index is 13.1. The van der Waals surface area contributed by atoms with Gasteiger partial charge in [-0.3, -0.25) is 9.59 Å². The number of Topliss-reactive ketones (excluding diaryl/α,β-unsaturated/α-hetero) is 1. The highest BCUT2D eigenvalue weighted by Crippen LogP contribution is 2.35. The summed E-state index contributed by atoms with van der Waals surface area (Å²) >= 11 is 0. The van der Waals surface area contributed by atoms with Crippen molar-refractivity contribution in [2.45, 2.75) is 55.1 Å². The molecule has 11 heteroatoms. The average Bonchev–Trinajstić information content (AvgIpc) is 2.90. The van der Waals surface area contributed by atoms with Gasteiger partial charge in [0.05, 0.1) is 29.4 Å². The first-order valence-corrected chi connectivity index (χ1v) is 14.1. The van der Waals surface area contributed by atoms with Crippen LogP contribution >= 0.6 is 0 Å². The fourth-order valence-electron chi connectivity index (χ4n) is 4.68. The van der Waals surface area contributed by atoms with E-state index >= 15 is 0 Å². The van der Waals surface area contributed by atoms with E-state index < -0.39 is 46.1 Å². The number of ketones is 1. The third kappa shape index (κ3) is 8.12. The van der Waals surface area contributed by atoms with Gasteiger partial charge in [0.15, 0.2) is 9.84 Å². The van der Waals surface area contributed by atoms with Crippen LogP contribution in [0, 0.1) is 11.8 Å². The van der Waals surface area contributed by atoms with Crippen molar-refractivity contribution in [1.29, 1.82) is 0 Å². The van der Waals surface area contributed by atoms with Gasteiger partial charge in [-0.25, -0.2) is 8.42 Å². The van der Waals surface area contributed by atoms with E-state index in [9.17, 15) is 31.2 Å². The number of hydrogen-bond acceptors (Lipinski definition) is 7. The monoisotopic (exact) mass is 555 g/mol. The lowest BCUT2D eigenvalue weighted by molar-refractivity contribution is -0.147. The van der Waals surface area contributed by atoms with Gasteiger partial charge in [-0.1, -0.05) is 30.3 Å². The molecule has 0 saturated heterocycles. The molecule has 38 heavy (non-hydrogen) atoms. The number of rotatable bonds is 11. The largest absolute Gasteiger partial charge is 0.464 e. The number of sulfone groups is 1. The Morgan fingerprint density at radius 3 is 2.16 bits per heavy atom. The van der Waals surface area contributed by atoms with E-state index in [-0.39, 0.29) is 41.3 Å². The molecule has 0 aromatic heterocycles. The van der Waals surface area contributed by atoms with Crippen molar-refractivity contribution in [1.82, 2.24) is 0 Å². The Kier molecular flexibility index (Phi) is 10.1. The molecule has 3 rings (SSSR count). The molecule has 1 saturated carbocycles. The molecule has 0 unspecified atom stereocenters. The van der Waals surface area contributed by atoms with E-state index in [1.165, 1.54) is 0 Å². The fraction of sp³-hybridized carbons (Fsp3) is 0.481. The van der Waals surface area contributed by atoms with Gasteiger partial charge < -0.3 is 15.6 Å². The third-order valence-electron chi connectivity index (χ3n) is 6.94. The molecule has 1 fully saturated rings. The van der Waals surface area contributed by atoms with Crippen LogP contribution in [0.15, 0.2) is 59.5 Å². The summed E-state index contributed by atoms with van der Waals surface area (Å²) < 4.78 is 69.1. The van der Waals surface area contributed by atoms with Gasteiger partial charge in [0, 0.05) is 18.3 Å². The first-order chi connectivity index (χ1) is 17.9. The van der Waals surface area contributed by atoms with Gasteiger partial charge >= 0.3 is 12.1 Å². The third-order valence-corrected chi connectivity index (χ3v) is 8.84. The molecule has 2 atom stereocenters. The van der Waals surface area contributed by atoms with Crippen LogP contribution in [0.3, 0.4) is 0 Å². The number of benzene rings is 2. The number of ether oxygens (including phenoxy) is 1. The average molecular weight is 556 g/mol. The standard InChI is InChI=1S/C27H32F3NO6S/c28-27(29,30)22-10-12-23(13-11-22)38(35,36)17-18-6-8-20(9-7-18)25(33)14-21(19-4-2-1-3-5-19)16-37-26(34)24(31)15-32/h1-5,10-13,18,20-21,24,32H,6-9,14-17,31H2/t18?,20?,21-,24+/m1/s1. The molecular weight excluding hydrogens is 523 g/mol. The highest BCUT2D eigenvalue weighted by Gasteiger charge is 2.33. The Bertz CT molecular complexity index is 1180. The number of carbonyl (C=O) groups excluding carboxylic acids is 2. The molecule has 0 aliphatic heterocycles. The molecule has 2 aromatic rings. The van der Waals surface area contributed by atoms with Crippen LogP contribution in [0.4, 0.5) is 13.2 Å². The Morgan fingerprint density at radius 1 is 1.00 bits per heavy atom. The summed E-state index contributed by atoms with van der Waals surface area (Å²) in [4.78, 5) is 24.9. The second-order valence-corrected chi connectivity index (χ2v) is 11.8. The molecule has 0 amide bonds. The molecule has 2 aromatic carbocycles.